The summed E-state index contributed by atoms with van der Waals surface area (Å²) >= 11 is 2.35. The highest BCUT2D eigenvalue weighted by Crippen LogP contribution is 2.30. The Morgan fingerprint density at radius 1 is 0.760 bits per heavy atom. The zero-order valence-corrected chi connectivity index (χ0v) is 18.5. The van der Waals surface area contributed by atoms with Gasteiger partial charge in [-0.25, -0.2) is 0 Å². The van der Waals surface area contributed by atoms with Gasteiger partial charge in [0.25, 0.3) is 0 Å². The van der Waals surface area contributed by atoms with Gasteiger partial charge in [0.1, 0.15) is 18.3 Å². The second-order valence-electron chi connectivity index (χ2n) is 6.50. The highest BCUT2D eigenvalue weighted by molar-refractivity contribution is 14.1. The number of halogens is 1. The number of ether oxygens (including phenoxy) is 5. The number of unbranched alkanes of at least 4 members (excludes halogenated alkanes) is 3. The van der Waals surface area contributed by atoms with Crippen LogP contribution >= 0.6 is 22.6 Å². The zero-order chi connectivity index (χ0) is 18.5. The normalized spacial score (nSPS) is 29.9. The van der Waals surface area contributed by atoms with Crippen molar-refractivity contribution >= 4 is 22.6 Å². The molecule has 0 amide bonds. The standard InChI is InChI=1S/C19H37IO5/c1-5-8-11-22-16-15(14-20)25-19(21-4)18(24-13-10-7-3)17(16)23-12-9-6-2/h15-19H,5-14H2,1-4H3/t15?,16-,17-,18+,19-/m0/s1. The van der Waals surface area contributed by atoms with E-state index in [-0.39, 0.29) is 24.4 Å². The van der Waals surface area contributed by atoms with E-state index in [1.165, 1.54) is 0 Å². The first-order valence-electron chi connectivity index (χ1n) is 9.82. The first kappa shape index (κ1) is 23.6. The molecule has 1 saturated heterocycles. The predicted molar refractivity (Wildman–Crippen MR) is 109 cm³/mol. The van der Waals surface area contributed by atoms with Crippen LogP contribution in [0, 0.1) is 0 Å². The Bertz CT molecular complexity index is 294. The minimum Gasteiger partial charge on any atom is -0.373 e. The minimum absolute atomic E-state index is 0.0416. The third-order valence-electron chi connectivity index (χ3n) is 4.40. The molecule has 0 aromatic carbocycles. The summed E-state index contributed by atoms with van der Waals surface area (Å²) in [5, 5.41) is 0. The molecule has 0 N–H and O–H groups in total. The molecule has 0 spiro atoms. The molecule has 1 unspecified atom stereocenters. The molecular weight excluding hydrogens is 435 g/mol. The Morgan fingerprint density at radius 3 is 1.68 bits per heavy atom. The van der Waals surface area contributed by atoms with Crippen LogP contribution in [0.1, 0.15) is 59.3 Å². The van der Waals surface area contributed by atoms with Gasteiger partial charge in [-0.05, 0) is 19.3 Å². The third-order valence-corrected chi connectivity index (χ3v) is 5.27. The number of rotatable bonds is 14. The maximum atomic E-state index is 6.26. The Morgan fingerprint density at radius 2 is 1.24 bits per heavy atom. The van der Waals surface area contributed by atoms with Gasteiger partial charge in [-0.2, -0.15) is 0 Å². The smallest absolute Gasteiger partial charge is 0.186 e. The molecule has 1 rings (SSSR count). The molecular formula is C19H37IO5. The number of alkyl halides is 1. The van der Waals surface area contributed by atoms with Crippen molar-refractivity contribution in [1.29, 1.82) is 0 Å². The summed E-state index contributed by atoms with van der Waals surface area (Å²) in [6.45, 7) is 8.63. The van der Waals surface area contributed by atoms with Crippen LogP contribution in [0.5, 0.6) is 0 Å². The Balaban J connectivity index is 2.87. The van der Waals surface area contributed by atoms with E-state index in [2.05, 4.69) is 43.4 Å². The maximum absolute atomic E-state index is 6.26. The molecule has 5 nitrogen and oxygen atoms in total. The van der Waals surface area contributed by atoms with Crippen LogP contribution in [0.2, 0.25) is 0 Å². The van der Waals surface area contributed by atoms with Crippen molar-refractivity contribution in [3.8, 4) is 0 Å². The molecule has 1 aliphatic rings. The second-order valence-corrected chi connectivity index (χ2v) is 7.38. The van der Waals surface area contributed by atoms with Gasteiger partial charge in [-0.3, -0.25) is 0 Å². The van der Waals surface area contributed by atoms with Crippen molar-refractivity contribution in [1.82, 2.24) is 0 Å². The van der Waals surface area contributed by atoms with Crippen molar-refractivity contribution in [3.05, 3.63) is 0 Å². The fourth-order valence-electron chi connectivity index (χ4n) is 2.85. The molecule has 0 saturated carbocycles. The van der Waals surface area contributed by atoms with Crippen LogP contribution in [-0.2, 0) is 23.7 Å². The van der Waals surface area contributed by atoms with Gasteiger partial charge < -0.3 is 23.7 Å². The molecule has 150 valence electrons. The molecule has 0 bridgehead atoms. The Hall–Kier alpha value is 0.530. The lowest BCUT2D eigenvalue weighted by Crippen LogP contribution is -2.61. The summed E-state index contributed by atoms with van der Waals surface area (Å²) in [6, 6.07) is 0. The van der Waals surface area contributed by atoms with Crippen LogP contribution in [0.15, 0.2) is 0 Å². The maximum Gasteiger partial charge on any atom is 0.186 e. The van der Waals surface area contributed by atoms with Gasteiger partial charge >= 0.3 is 0 Å². The van der Waals surface area contributed by atoms with Crippen LogP contribution < -0.4 is 0 Å². The number of hydrogen-bond donors (Lipinski definition) is 0. The van der Waals surface area contributed by atoms with E-state index >= 15 is 0 Å². The first-order valence-corrected chi connectivity index (χ1v) is 11.3. The van der Waals surface area contributed by atoms with Crippen LogP contribution in [-0.4, -0.2) is 62.1 Å². The summed E-state index contributed by atoms with van der Waals surface area (Å²) in [4.78, 5) is 0. The largest absolute Gasteiger partial charge is 0.373 e. The van der Waals surface area contributed by atoms with Crippen LogP contribution in [0.25, 0.3) is 0 Å². The summed E-state index contributed by atoms with van der Waals surface area (Å²) in [7, 11) is 1.67. The molecule has 6 heteroatoms. The van der Waals surface area contributed by atoms with E-state index in [9.17, 15) is 0 Å². The van der Waals surface area contributed by atoms with Gasteiger partial charge in [0.15, 0.2) is 6.29 Å². The van der Waals surface area contributed by atoms with Crippen molar-refractivity contribution in [3.63, 3.8) is 0 Å². The summed E-state index contributed by atoms with van der Waals surface area (Å²) in [5.41, 5.74) is 0. The van der Waals surface area contributed by atoms with Crippen molar-refractivity contribution in [2.75, 3.05) is 31.4 Å². The highest BCUT2D eigenvalue weighted by atomic mass is 127. The Kier molecular flexibility index (Phi) is 13.7. The van der Waals surface area contributed by atoms with Gasteiger partial charge in [0.05, 0.1) is 6.10 Å². The van der Waals surface area contributed by atoms with E-state index in [0.717, 1.165) is 49.6 Å². The van der Waals surface area contributed by atoms with Crippen molar-refractivity contribution < 1.29 is 23.7 Å². The van der Waals surface area contributed by atoms with E-state index < -0.39 is 6.29 Å². The first-order chi connectivity index (χ1) is 12.2. The molecule has 0 radical (unpaired) electrons. The van der Waals surface area contributed by atoms with E-state index in [1.807, 2.05) is 0 Å². The van der Waals surface area contributed by atoms with E-state index in [0.29, 0.717) is 13.2 Å². The molecule has 1 fully saturated rings. The van der Waals surface area contributed by atoms with Crippen LogP contribution in [0.4, 0.5) is 0 Å². The van der Waals surface area contributed by atoms with Crippen LogP contribution in [0.3, 0.4) is 0 Å². The predicted octanol–water partition coefficient (Wildman–Crippen LogP) is 4.35. The zero-order valence-electron chi connectivity index (χ0n) is 16.4. The fourth-order valence-corrected chi connectivity index (χ4v) is 3.56. The monoisotopic (exact) mass is 472 g/mol. The molecule has 0 aromatic heterocycles. The van der Waals surface area contributed by atoms with E-state index in [1.54, 1.807) is 7.11 Å². The topological polar surface area (TPSA) is 46.2 Å². The molecule has 0 aromatic rings. The van der Waals surface area contributed by atoms with Gasteiger partial charge in [0, 0.05) is 31.4 Å². The van der Waals surface area contributed by atoms with Crippen molar-refractivity contribution in [2.24, 2.45) is 0 Å². The lowest BCUT2D eigenvalue weighted by Gasteiger charge is -2.45. The number of hydrogen-bond acceptors (Lipinski definition) is 5. The quantitative estimate of drug-likeness (QED) is 0.214. The second kappa shape index (κ2) is 14.6. The molecule has 5 atom stereocenters. The minimum atomic E-state index is -0.408. The summed E-state index contributed by atoms with van der Waals surface area (Å²) in [6.07, 6.45) is 5.45. The third kappa shape index (κ3) is 7.97. The lowest BCUT2D eigenvalue weighted by atomic mass is 9.98. The molecule has 25 heavy (non-hydrogen) atoms. The van der Waals surface area contributed by atoms with Gasteiger partial charge in [0.2, 0.25) is 0 Å². The average Bonchev–Trinajstić information content (AvgIpc) is 2.63. The Labute approximate surface area is 167 Å². The molecule has 0 aliphatic carbocycles. The SMILES string of the molecule is CCCCO[C@@H]1[C@@H](OCCCC)[C@@H](OC)OC(CI)[C@@H]1OCCCC. The van der Waals surface area contributed by atoms with Gasteiger partial charge in [-0.15, -0.1) is 0 Å². The molecule has 1 heterocycles. The highest BCUT2D eigenvalue weighted by Gasteiger charge is 2.47. The summed E-state index contributed by atoms with van der Waals surface area (Å²) < 4.78 is 31.2. The molecule has 1 aliphatic heterocycles. The number of methoxy groups -OCH3 is 1. The van der Waals surface area contributed by atoms with Gasteiger partial charge in [-0.1, -0.05) is 62.6 Å². The fraction of sp³-hybridized carbons (Fsp3) is 1.00. The van der Waals surface area contributed by atoms with Crippen molar-refractivity contribution in [2.45, 2.75) is 90.0 Å². The average molecular weight is 472 g/mol. The summed E-state index contributed by atoms with van der Waals surface area (Å²) in [5.74, 6) is 0. The lowest BCUT2D eigenvalue weighted by molar-refractivity contribution is -0.308. The van der Waals surface area contributed by atoms with E-state index in [4.69, 9.17) is 23.7 Å².